The average molecular weight is 342 g/mol. The van der Waals surface area contributed by atoms with E-state index in [4.69, 9.17) is 11.6 Å². The molecule has 0 unspecified atom stereocenters. The molecule has 0 saturated heterocycles. The molecule has 0 saturated carbocycles. The minimum atomic E-state index is -4.61. The van der Waals surface area contributed by atoms with Crippen LogP contribution < -0.4 is 5.56 Å². The third-order valence-electron chi connectivity index (χ3n) is 2.94. The van der Waals surface area contributed by atoms with Crippen molar-refractivity contribution < 1.29 is 13.2 Å². The number of aromatic nitrogens is 5. The van der Waals surface area contributed by atoms with Crippen molar-refractivity contribution in [1.82, 2.24) is 25.0 Å². The van der Waals surface area contributed by atoms with Gasteiger partial charge in [0.25, 0.3) is 5.56 Å². The minimum Gasteiger partial charge on any atom is -0.313 e. The number of nitrogens with zero attached hydrogens (tertiary/aromatic N) is 4. The van der Waals surface area contributed by atoms with Crippen molar-refractivity contribution >= 4 is 11.6 Å². The van der Waals surface area contributed by atoms with Crippen LogP contribution in [-0.4, -0.2) is 25.0 Å². The number of hydrogen-bond donors (Lipinski definition) is 1. The zero-order chi connectivity index (χ0) is 16.6. The van der Waals surface area contributed by atoms with Gasteiger partial charge in [0.2, 0.25) is 0 Å². The zero-order valence-corrected chi connectivity index (χ0v) is 11.9. The number of nitrogens with one attached hydrogen (secondary N) is 1. The molecule has 6 nitrogen and oxygen atoms in total. The summed E-state index contributed by atoms with van der Waals surface area (Å²) >= 11 is 5.91. The van der Waals surface area contributed by atoms with E-state index in [1.165, 1.54) is 30.6 Å². The third kappa shape index (κ3) is 3.09. The van der Waals surface area contributed by atoms with Crippen LogP contribution in [0, 0.1) is 0 Å². The lowest BCUT2D eigenvalue weighted by molar-refractivity contribution is -0.141. The van der Waals surface area contributed by atoms with Crippen molar-refractivity contribution in [3.63, 3.8) is 0 Å². The van der Waals surface area contributed by atoms with E-state index in [1.54, 1.807) is 0 Å². The summed E-state index contributed by atoms with van der Waals surface area (Å²) in [5.41, 5.74) is -0.657. The molecule has 1 aromatic carbocycles. The first-order valence-electron chi connectivity index (χ1n) is 6.19. The lowest BCUT2D eigenvalue weighted by Gasteiger charge is -2.08. The number of halogens is 4. The molecule has 0 spiro atoms. The minimum absolute atomic E-state index is 0.221. The molecule has 0 atom stereocenters. The van der Waals surface area contributed by atoms with Gasteiger partial charge in [-0.3, -0.25) is 4.79 Å². The van der Waals surface area contributed by atoms with Crippen LogP contribution >= 0.6 is 11.6 Å². The fourth-order valence-electron chi connectivity index (χ4n) is 1.94. The van der Waals surface area contributed by atoms with Crippen molar-refractivity contribution in [3.05, 3.63) is 57.9 Å². The second-order valence-electron chi connectivity index (χ2n) is 4.50. The average Bonchev–Trinajstić information content (AvgIpc) is 2.97. The van der Waals surface area contributed by atoms with E-state index in [-0.39, 0.29) is 16.4 Å². The molecular weight excluding hydrogens is 335 g/mol. The van der Waals surface area contributed by atoms with E-state index in [0.717, 1.165) is 10.9 Å². The highest BCUT2D eigenvalue weighted by molar-refractivity contribution is 6.30. The van der Waals surface area contributed by atoms with Crippen molar-refractivity contribution in [3.8, 4) is 16.9 Å². The van der Waals surface area contributed by atoms with E-state index in [9.17, 15) is 18.0 Å². The first kappa shape index (κ1) is 15.2. The smallest absolute Gasteiger partial charge is 0.313 e. The molecule has 2 heterocycles. The second kappa shape index (κ2) is 5.51. The highest BCUT2D eigenvalue weighted by atomic mass is 35.5. The monoisotopic (exact) mass is 341 g/mol. The van der Waals surface area contributed by atoms with Gasteiger partial charge in [-0.2, -0.15) is 13.2 Å². The summed E-state index contributed by atoms with van der Waals surface area (Å²) in [6.45, 7) is 0. The fraction of sp³-hybridized carbons (Fsp3) is 0.0769. The SMILES string of the molecule is O=c1cc(-c2ccc(Cl)cc2-n2cc(C(F)(F)F)nn2)nc[nH]1. The Morgan fingerprint density at radius 1 is 1.22 bits per heavy atom. The van der Waals surface area contributed by atoms with Crippen LogP contribution in [0.3, 0.4) is 0 Å². The molecule has 3 rings (SSSR count). The second-order valence-corrected chi connectivity index (χ2v) is 4.94. The van der Waals surface area contributed by atoms with Crippen LogP contribution in [0.2, 0.25) is 5.02 Å². The van der Waals surface area contributed by atoms with E-state index in [0.29, 0.717) is 5.56 Å². The van der Waals surface area contributed by atoms with Crippen LogP contribution in [0.15, 0.2) is 41.6 Å². The Morgan fingerprint density at radius 2 is 2.00 bits per heavy atom. The Labute approximate surface area is 131 Å². The van der Waals surface area contributed by atoms with Crippen molar-refractivity contribution in [2.24, 2.45) is 0 Å². The highest BCUT2D eigenvalue weighted by Crippen LogP contribution is 2.30. The van der Waals surface area contributed by atoms with Gasteiger partial charge in [-0.15, -0.1) is 5.10 Å². The van der Waals surface area contributed by atoms with Crippen LogP contribution in [0.4, 0.5) is 13.2 Å². The lowest BCUT2D eigenvalue weighted by Crippen LogP contribution is -2.06. The van der Waals surface area contributed by atoms with Crippen molar-refractivity contribution in [1.29, 1.82) is 0 Å². The number of aromatic amines is 1. The van der Waals surface area contributed by atoms with Crippen molar-refractivity contribution in [2.45, 2.75) is 6.18 Å². The van der Waals surface area contributed by atoms with Gasteiger partial charge in [-0.25, -0.2) is 9.67 Å². The van der Waals surface area contributed by atoms with Gasteiger partial charge in [0.1, 0.15) is 0 Å². The largest absolute Gasteiger partial charge is 0.436 e. The quantitative estimate of drug-likeness (QED) is 0.777. The topological polar surface area (TPSA) is 76.5 Å². The third-order valence-corrected chi connectivity index (χ3v) is 3.18. The van der Waals surface area contributed by atoms with E-state index >= 15 is 0 Å². The van der Waals surface area contributed by atoms with Gasteiger partial charge in [0.15, 0.2) is 5.69 Å². The Kier molecular flexibility index (Phi) is 3.64. The Hall–Kier alpha value is -2.68. The van der Waals surface area contributed by atoms with Crippen molar-refractivity contribution in [2.75, 3.05) is 0 Å². The van der Waals surface area contributed by atoms with Gasteiger partial charge in [0.05, 0.1) is 23.9 Å². The Bertz CT molecular complexity index is 918. The van der Waals surface area contributed by atoms with Gasteiger partial charge < -0.3 is 4.98 Å². The Morgan fingerprint density at radius 3 is 2.65 bits per heavy atom. The van der Waals surface area contributed by atoms with Gasteiger partial charge in [-0.05, 0) is 18.2 Å². The first-order valence-corrected chi connectivity index (χ1v) is 6.57. The molecule has 3 aromatic rings. The summed E-state index contributed by atoms with van der Waals surface area (Å²) in [6, 6.07) is 5.70. The molecule has 118 valence electrons. The van der Waals surface area contributed by atoms with Crippen LogP contribution in [-0.2, 0) is 6.18 Å². The van der Waals surface area contributed by atoms with E-state index in [1.807, 2.05) is 0 Å². The standard InChI is InChI=1S/C13H7ClF3N5O/c14-7-1-2-8(9-4-12(23)19-6-18-9)10(3-7)22-5-11(20-21-22)13(15,16)17/h1-6H,(H,18,19,23). The molecule has 1 N–H and O–H groups in total. The maximum atomic E-state index is 12.7. The van der Waals surface area contributed by atoms with Gasteiger partial charge in [0, 0.05) is 16.7 Å². The van der Waals surface area contributed by atoms with Crippen LogP contribution in [0.25, 0.3) is 16.9 Å². The van der Waals surface area contributed by atoms with Gasteiger partial charge >= 0.3 is 6.18 Å². The molecule has 2 aromatic heterocycles. The summed E-state index contributed by atoms with van der Waals surface area (Å²) in [7, 11) is 0. The predicted molar refractivity (Wildman–Crippen MR) is 75.2 cm³/mol. The Balaban J connectivity index is 2.17. The van der Waals surface area contributed by atoms with Crippen LogP contribution in [0.1, 0.15) is 5.69 Å². The normalized spacial score (nSPS) is 11.7. The fourth-order valence-corrected chi connectivity index (χ4v) is 2.10. The number of alkyl halides is 3. The molecule has 0 bridgehead atoms. The first-order chi connectivity index (χ1) is 10.8. The van der Waals surface area contributed by atoms with Crippen LogP contribution in [0.5, 0.6) is 0 Å². The maximum absolute atomic E-state index is 12.7. The summed E-state index contributed by atoms with van der Waals surface area (Å²) in [5.74, 6) is 0. The molecule has 0 aliphatic rings. The van der Waals surface area contributed by atoms with Gasteiger partial charge in [-0.1, -0.05) is 16.8 Å². The molecule has 0 radical (unpaired) electrons. The predicted octanol–water partition coefficient (Wildman–Crippen LogP) is 2.69. The molecule has 23 heavy (non-hydrogen) atoms. The lowest BCUT2D eigenvalue weighted by atomic mass is 10.1. The molecule has 10 heteroatoms. The number of benzene rings is 1. The summed E-state index contributed by atoms with van der Waals surface area (Å²) in [4.78, 5) is 17.8. The maximum Gasteiger partial charge on any atom is 0.436 e. The molecular formula is C13H7ClF3N5O. The molecule has 0 amide bonds. The number of hydrogen-bond acceptors (Lipinski definition) is 4. The highest BCUT2D eigenvalue weighted by Gasteiger charge is 2.34. The number of H-pyrrole nitrogens is 1. The summed E-state index contributed by atoms with van der Waals surface area (Å²) in [5, 5.41) is 6.87. The molecule has 0 aliphatic carbocycles. The number of rotatable bonds is 2. The van der Waals surface area contributed by atoms with E-state index in [2.05, 4.69) is 20.3 Å². The summed E-state index contributed by atoms with van der Waals surface area (Å²) in [6.07, 6.45) is -2.68. The van der Waals surface area contributed by atoms with E-state index < -0.39 is 17.4 Å². The molecule has 0 aliphatic heterocycles. The summed E-state index contributed by atoms with van der Waals surface area (Å²) < 4.78 is 39.0. The molecule has 0 fully saturated rings. The zero-order valence-electron chi connectivity index (χ0n) is 11.2.